The molecule has 116 valence electrons. The molecule has 0 atom stereocenters. The predicted octanol–water partition coefficient (Wildman–Crippen LogP) is 5.60. The minimum atomic E-state index is 0.765. The van der Waals surface area contributed by atoms with E-state index in [1.165, 1.54) is 27.8 Å². The number of ether oxygens (including phenoxy) is 1. The summed E-state index contributed by atoms with van der Waals surface area (Å²) in [7, 11) is 0. The van der Waals surface area contributed by atoms with Crippen LogP contribution in [0.4, 0.5) is 0 Å². The quantitative estimate of drug-likeness (QED) is 0.539. The fraction of sp³-hybridized carbons (Fsp3) is 0.182. The first-order valence-electron chi connectivity index (χ1n) is 8.20. The second-order valence-electron chi connectivity index (χ2n) is 5.55. The molecule has 0 aromatic heterocycles. The number of hydrogen-bond acceptors (Lipinski definition) is 1. The van der Waals surface area contributed by atoms with Crippen LogP contribution in [0.25, 0.3) is 22.3 Å². The molecule has 0 spiro atoms. The standard InChI is InChI=1S/C22H22O/c1-2-23-16-15-20-13-14-21(18-9-5-3-6-10-18)17-22(20)19-11-7-4-8-12-19/h3-14,17H,2,15-16H2,1H3. The lowest BCUT2D eigenvalue weighted by Gasteiger charge is -2.13. The van der Waals surface area contributed by atoms with Gasteiger partial charge in [-0.2, -0.15) is 0 Å². The summed E-state index contributed by atoms with van der Waals surface area (Å²) in [5.41, 5.74) is 6.40. The van der Waals surface area contributed by atoms with Gasteiger partial charge in [-0.25, -0.2) is 0 Å². The van der Waals surface area contributed by atoms with Crippen molar-refractivity contribution < 1.29 is 4.74 Å². The van der Waals surface area contributed by atoms with Crippen molar-refractivity contribution in [3.8, 4) is 22.3 Å². The van der Waals surface area contributed by atoms with Crippen molar-refractivity contribution in [1.29, 1.82) is 0 Å². The Kier molecular flexibility index (Phi) is 5.23. The van der Waals surface area contributed by atoms with Gasteiger partial charge >= 0.3 is 0 Å². The summed E-state index contributed by atoms with van der Waals surface area (Å²) in [4.78, 5) is 0. The molecule has 0 aliphatic carbocycles. The zero-order valence-electron chi connectivity index (χ0n) is 13.5. The van der Waals surface area contributed by atoms with E-state index in [-0.39, 0.29) is 0 Å². The Hall–Kier alpha value is -2.38. The van der Waals surface area contributed by atoms with Crippen molar-refractivity contribution in [1.82, 2.24) is 0 Å². The number of hydrogen-bond donors (Lipinski definition) is 0. The minimum Gasteiger partial charge on any atom is -0.381 e. The largest absolute Gasteiger partial charge is 0.381 e. The highest BCUT2D eigenvalue weighted by atomic mass is 16.5. The fourth-order valence-corrected chi connectivity index (χ4v) is 2.82. The van der Waals surface area contributed by atoms with Crippen LogP contribution < -0.4 is 0 Å². The summed E-state index contributed by atoms with van der Waals surface area (Å²) in [5, 5.41) is 0. The highest BCUT2D eigenvalue weighted by Crippen LogP contribution is 2.30. The van der Waals surface area contributed by atoms with Gasteiger partial charge in [-0.1, -0.05) is 72.8 Å². The Labute approximate surface area is 138 Å². The predicted molar refractivity (Wildman–Crippen MR) is 97.5 cm³/mol. The molecule has 0 aliphatic heterocycles. The van der Waals surface area contributed by atoms with Crippen molar-refractivity contribution in [2.75, 3.05) is 13.2 Å². The van der Waals surface area contributed by atoms with Gasteiger partial charge in [-0.3, -0.25) is 0 Å². The molecule has 0 saturated carbocycles. The van der Waals surface area contributed by atoms with Crippen LogP contribution >= 0.6 is 0 Å². The van der Waals surface area contributed by atoms with E-state index < -0.39 is 0 Å². The average molecular weight is 302 g/mol. The molecule has 0 aliphatic rings. The molecule has 0 amide bonds. The normalized spacial score (nSPS) is 10.7. The van der Waals surface area contributed by atoms with Gasteiger partial charge in [0.05, 0.1) is 6.61 Å². The maximum Gasteiger partial charge on any atom is 0.0506 e. The Bertz CT molecular complexity index is 732. The molecule has 3 aromatic rings. The smallest absolute Gasteiger partial charge is 0.0506 e. The van der Waals surface area contributed by atoms with E-state index >= 15 is 0 Å². The van der Waals surface area contributed by atoms with Gasteiger partial charge in [-0.15, -0.1) is 0 Å². The molecule has 0 radical (unpaired) electrons. The lowest BCUT2D eigenvalue weighted by molar-refractivity contribution is 0.151. The van der Waals surface area contributed by atoms with Crippen LogP contribution in [-0.4, -0.2) is 13.2 Å². The van der Waals surface area contributed by atoms with Crippen LogP contribution in [0.1, 0.15) is 12.5 Å². The second kappa shape index (κ2) is 7.75. The molecule has 0 N–H and O–H groups in total. The third-order valence-corrected chi connectivity index (χ3v) is 4.02. The van der Waals surface area contributed by atoms with Crippen LogP contribution in [0.5, 0.6) is 0 Å². The van der Waals surface area contributed by atoms with Gasteiger partial charge in [0.2, 0.25) is 0 Å². The molecule has 0 bridgehead atoms. The van der Waals surface area contributed by atoms with Crippen LogP contribution in [0.15, 0.2) is 78.9 Å². The average Bonchev–Trinajstić information content (AvgIpc) is 2.63. The molecule has 3 aromatic carbocycles. The minimum absolute atomic E-state index is 0.765. The Morgan fingerprint density at radius 2 is 1.35 bits per heavy atom. The van der Waals surface area contributed by atoms with Gasteiger partial charge in [0.1, 0.15) is 0 Å². The highest BCUT2D eigenvalue weighted by molar-refractivity contribution is 5.75. The van der Waals surface area contributed by atoms with E-state index in [2.05, 4.69) is 78.9 Å². The van der Waals surface area contributed by atoms with Crippen LogP contribution in [0, 0.1) is 0 Å². The summed E-state index contributed by atoms with van der Waals surface area (Å²) < 4.78 is 5.54. The van der Waals surface area contributed by atoms with Crippen LogP contribution in [0.3, 0.4) is 0 Å². The third-order valence-electron chi connectivity index (χ3n) is 4.02. The maximum absolute atomic E-state index is 5.54. The zero-order chi connectivity index (χ0) is 15.9. The summed E-state index contributed by atoms with van der Waals surface area (Å²) in [6.45, 7) is 3.57. The van der Waals surface area contributed by atoms with Gasteiger partial charge < -0.3 is 4.74 Å². The van der Waals surface area contributed by atoms with E-state index in [4.69, 9.17) is 4.74 Å². The topological polar surface area (TPSA) is 9.23 Å². The fourth-order valence-electron chi connectivity index (χ4n) is 2.82. The molecular weight excluding hydrogens is 280 g/mol. The van der Waals surface area contributed by atoms with Gasteiger partial charge in [-0.05, 0) is 47.2 Å². The Morgan fingerprint density at radius 3 is 2.00 bits per heavy atom. The zero-order valence-corrected chi connectivity index (χ0v) is 13.5. The summed E-state index contributed by atoms with van der Waals surface area (Å²) in [6.07, 6.45) is 0.938. The van der Waals surface area contributed by atoms with Crippen molar-refractivity contribution in [2.45, 2.75) is 13.3 Å². The maximum atomic E-state index is 5.54. The van der Waals surface area contributed by atoms with Gasteiger partial charge in [0.25, 0.3) is 0 Å². The van der Waals surface area contributed by atoms with Crippen molar-refractivity contribution in [3.05, 3.63) is 84.4 Å². The molecular formula is C22H22O. The first-order valence-corrected chi connectivity index (χ1v) is 8.20. The second-order valence-corrected chi connectivity index (χ2v) is 5.55. The first kappa shape index (κ1) is 15.5. The molecule has 0 unspecified atom stereocenters. The lowest BCUT2D eigenvalue weighted by Crippen LogP contribution is -2.00. The Balaban J connectivity index is 2.00. The Morgan fingerprint density at radius 1 is 0.696 bits per heavy atom. The van der Waals surface area contributed by atoms with Gasteiger partial charge in [0, 0.05) is 6.61 Å². The van der Waals surface area contributed by atoms with E-state index in [0.717, 1.165) is 19.6 Å². The molecule has 23 heavy (non-hydrogen) atoms. The summed E-state index contributed by atoms with van der Waals surface area (Å²) in [5.74, 6) is 0. The molecule has 3 rings (SSSR count). The summed E-state index contributed by atoms with van der Waals surface area (Å²) in [6, 6.07) is 27.9. The molecule has 0 saturated heterocycles. The molecule has 1 heteroatoms. The van der Waals surface area contributed by atoms with Crippen molar-refractivity contribution >= 4 is 0 Å². The third kappa shape index (κ3) is 3.88. The van der Waals surface area contributed by atoms with E-state index in [0.29, 0.717) is 0 Å². The molecule has 0 heterocycles. The monoisotopic (exact) mass is 302 g/mol. The first-order chi connectivity index (χ1) is 11.4. The van der Waals surface area contributed by atoms with Crippen LogP contribution in [-0.2, 0) is 11.2 Å². The lowest BCUT2D eigenvalue weighted by atomic mass is 9.93. The van der Waals surface area contributed by atoms with Gasteiger partial charge in [0.15, 0.2) is 0 Å². The van der Waals surface area contributed by atoms with E-state index in [1.807, 2.05) is 6.92 Å². The SMILES string of the molecule is CCOCCc1ccc(-c2ccccc2)cc1-c1ccccc1. The molecule has 1 nitrogen and oxygen atoms in total. The summed E-state index contributed by atoms with van der Waals surface area (Å²) >= 11 is 0. The van der Waals surface area contributed by atoms with Crippen molar-refractivity contribution in [2.24, 2.45) is 0 Å². The number of rotatable bonds is 6. The van der Waals surface area contributed by atoms with Crippen molar-refractivity contribution in [3.63, 3.8) is 0 Å². The highest BCUT2D eigenvalue weighted by Gasteiger charge is 2.07. The van der Waals surface area contributed by atoms with E-state index in [1.54, 1.807) is 0 Å². The number of benzene rings is 3. The molecule has 0 fully saturated rings. The van der Waals surface area contributed by atoms with E-state index in [9.17, 15) is 0 Å². The van der Waals surface area contributed by atoms with Crippen LogP contribution in [0.2, 0.25) is 0 Å².